The minimum atomic E-state index is -0.585. The number of carbonyl (C=O) groups excluding carboxylic acids is 3. The average molecular weight is 450 g/mol. The molecule has 176 valence electrons. The van der Waals surface area contributed by atoms with Gasteiger partial charge in [0.1, 0.15) is 11.7 Å². The van der Waals surface area contributed by atoms with Crippen molar-refractivity contribution in [3.05, 3.63) is 58.4 Å². The van der Waals surface area contributed by atoms with E-state index in [1.54, 1.807) is 11.9 Å². The third kappa shape index (κ3) is 5.37. The Bertz CT molecular complexity index is 1050. The molecule has 0 bridgehead atoms. The second-order valence-electron chi connectivity index (χ2n) is 10.6. The fourth-order valence-corrected chi connectivity index (χ4v) is 4.96. The van der Waals surface area contributed by atoms with Crippen molar-refractivity contribution in [3.8, 4) is 0 Å². The van der Waals surface area contributed by atoms with Crippen molar-refractivity contribution in [3.63, 3.8) is 0 Å². The summed E-state index contributed by atoms with van der Waals surface area (Å²) in [6, 6.07) is 9.27. The second kappa shape index (κ2) is 9.16. The summed E-state index contributed by atoms with van der Waals surface area (Å²) >= 11 is 0. The van der Waals surface area contributed by atoms with Crippen LogP contribution in [0.25, 0.3) is 0 Å². The Morgan fingerprint density at radius 2 is 1.88 bits per heavy atom. The maximum absolute atomic E-state index is 13.3. The number of hydrogen-bond donors (Lipinski definition) is 2. The molecule has 2 N–H and O–H groups in total. The van der Waals surface area contributed by atoms with E-state index in [1.165, 1.54) is 12.8 Å². The summed E-state index contributed by atoms with van der Waals surface area (Å²) in [7, 11) is 1.78. The van der Waals surface area contributed by atoms with Crippen molar-refractivity contribution in [2.75, 3.05) is 7.05 Å². The standard InChI is InChI=1S/C27H35N3O3/c1-17-23-21(14-27(2,3)15-22(23)31)28-24(17)25(32)29-20(13-12-18-10-11-18)26(33)30(4)16-19-8-6-5-7-9-19/h5-9,18,20,28H,10-16H2,1-4H3,(H,29,32). The van der Waals surface area contributed by atoms with E-state index in [4.69, 9.17) is 0 Å². The van der Waals surface area contributed by atoms with Crippen molar-refractivity contribution in [1.82, 2.24) is 15.2 Å². The Kier molecular flexibility index (Phi) is 6.46. The van der Waals surface area contributed by atoms with Crippen molar-refractivity contribution < 1.29 is 14.4 Å². The van der Waals surface area contributed by atoms with Crippen LogP contribution < -0.4 is 5.32 Å². The van der Waals surface area contributed by atoms with E-state index in [-0.39, 0.29) is 23.0 Å². The summed E-state index contributed by atoms with van der Waals surface area (Å²) in [6.45, 7) is 6.45. The first-order valence-electron chi connectivity index (χ1n) is 12.0. The number of nitrogens with one attached hydrogen (secondary N) is 2. The monoisotopic (exact) mass is 449 g/mol. The molecule has 2 aliphatic rings. The smallest absolute Gasteiger partial charge is 0.268 e. The summed E-state index contributed by atoms with van der Waals surface area (Å²) in [4.78, 5) is 44.2. The summed E-state index contributed by atoms with van der Waals surface area (Å²) in [5.74, 6) is 0.350. The highest BCUT2D eigenvalue weighted by Crippen LogP contribution is 2.37. The Morgan fingerprint density at radius 3 is 2.55 bits per heavy atom. The van der Waals surface area contributed by atoms with Crippen LogP contribution in [0, 0.1) is 18.3 Å². The number of amides is 2. The van der Waals surface area contributed by atoms with Crippen LogP contribution in [0.15, 0.2) is 30.3 Å². The van der Waals surface area contributed by atoms with Gasteiger partial charge in [0.05, 0.1) is 0 Å². The van der Waals surface area contributed by atoms with Crippen LogP contribution in [0.4, 0.5) is 0 Å². The zero-order valence-corrected chi connectivity index (χ0v) is 20.2. The van der Waals surface area contributed by atoms with Gasteiger partial charge < -0.3 is 15.2 Å². The number of benzene rings is 1. The van der Waals surface area contributed by atoms with Gasteiger partial charge in [-0.2, -0.15) is 0 Å². The minimum Gasteiger partial charge on any atom is -0.354 e. The Labute approximate surface area is 196 Å². The molecule has 33 heavy (non-hydrogen) atoms. The molecular weight excluding hydrogens is 414 g/mol. The summed E-state index contributed by atoms with van der Waals surface area (Å²) in [5, 5.41) is 3.00. The van der Waals surface area contributed by atoms with Crippen LogP contribution in [0.1, 0.15) is 83.6 Å². The number of ketones is 1. The lowest BCUT2D eigenvalue weighted by Gasteiger charge is -2.28. The first-order chi connectivity index (χ1) is 15.6. The van der Waals surface area contributed by atoms with Crippen LogP contribution in [0.5, 0.6) is 0 Å². The van der Waals surface area contributed by atoms with Gasteiger partial charge in [-0.3, -0.25) is 14.4 Å². The van der Waals surface area contributed by atoms with Crippen molar-refractivity contribution in [2.24, 2.45) is 11.3 Å². The summed E-state index contributed by atoms with van der Waals surface area (Å²) < 4.78 is 0. The van der Waals surface area contributed by atoms with Crippen LogP contribution in [-0.2, 0) is 17.8 Å². The van der Waals surface area contributed by atoms with E-state index in [0.29, 0.717) is 42.1 Å². The number of aromatic amines is 1. The number of rotatable bonds is 8. The number of fused-ring (bicyclic) bond motifs is 1. The number of hydrogen-bond acceptors (Lipinski definition) is 3. The summed E-state index contributed by atoms with van der Waals surface area (Å²) in [6.07, 6.45) is 5.17. The Balaban J connectivity index is 1.51. The molecule has 4 rings (SSSR count). The minimum absolute atomic E-state index is 0.0815. The van der Waals surface area contributed by atoms with Crippen LogP contribution >= 0.6 is 0 Å². The number of carbonyl (C=O) groups is 3. The van der Waals surface area contributed by atoms with Crippen LogP contribution in [0.2, 0.25) is 0 Å². The molecule has 1 saturated carbocycles. The molecule has 0 aliphatic heterocycles. The third-order valence-electron chi connectivity index (χ3n) is 6.93. The largest absolute Gasteiger partial charge is 0.354 e. The topological polar surface area (TPSA) is 82.3 Å². The zero-order valence-electron chi connectivity index (χ0n) is 20.2. The van der Waals surface area contributed by atoms with Crippen molar-refractivity contribution in [2.45, 2.75) is 71.9 Å². The van der Waals surface area contributed by atoms with E-state index in [0.717, 1.165) is 24.1 Å². The van der Waals surface area contributed by atoms with Gasteiger partial charge >= 0.3 is 0 Å². The van der Waals surface area contributed by atoms with E-state index in [9.17, 15) is 14.4 Å². The van der Waals surface area contributed by atoms with E-state index in [1.807, 2.05) is 37.3 Å². The third-order valence-corrected chi connectivity index (χ3v) is 6.93. The maximum Gasteiger partial charge on any atom is 0.268 e. The van der Waals surface area contributed by atoms with Gasteiger partial charge in [0.2, 0.25) is 5.91 Å². The number of likely N-dealkylation sites (N-methyl/N-ethyl adjacent to an activating group) is 1. The molecule has 0 spiro atoms. The highest BCUT2D eigenvalue weighted by molar-refractivity contribution is 6.05. The lowest BCUT2D eigenvalue weighted by atomic mass is 9.75. The van der Waals surface area contributed by atoms with Gasteiger partial charge in [-0.1, -0.05) is 57.0 Å². The quantitative estimate of drug-likeness (QED) is 0.626. The fraction of sp³-hybridized carbons (Fsp3) is 0.519. The van der Waals surface area contributed by atoms with Crippen molar-refractivity contribution >= 4 is 17.6 Å². The van der Waals surface area contributed by atoms with E-state index in [2.05, 4.69) is 24.1 Å². The first kappa shape index (κ1) is 23.3. The molecule has 6 nitrogen and oxygen atoms in total. The maximum atomic E-state index is 13.3. The van der Waals surface area contributed by atoms with Crippen LogP contribution in [-0.4, -0.2) is 40.6 Å². The SMILES string of the molecule is Cc1c(C(=O)NC(CCC2CC2)C(=O)N(C)Cc2ccccc2)[nH]c2c1C(=O)CC(C)(C)C2. The Hall–Kier alpha value is -2.89. The normalized spacial score (nSPS) is 17.9. The second-order valence-corrected chi connectivity index (χ2v) is 10.6. The molecule has 2 aliphatic carbocycles. The average Bonchev–Trinajstić information content (AvgIpc) is 3.52. The van der Waals surface area contributed by atoms with Crippen molar-refractivity contribution in [1.29, 1.82) is 0 Å². The molecule has 2 amide bonds. The lowest BCUT2D eigenvalue weighted by molar-refractivity contribution is -0.132. The molecule has 1 heterocycles. The van der Waals surface area contributed by atoms with E-state index < -0.39 is 6.04 Å². The fourth-order valence-electron chi connectivity index (χ4n) is 4.96. The molecule has 0 radical (unpaired) electrons. The summed E-state index contributed by atoms with van der Waals surface area (Å²) in [5.41, 5.74) is 3.50. The number of H-pyrrole nitrogens is 1. The highest BCUT2D eigenvalue weighted by atomic mass is 16.2. The molecule has 6 heteroatoms. The molecule has 1 aromatic heterocycles. The molecule has 2 aromatic rings. The van der Waals surface area contributed by atoms with Gasteiger partial charge in [0, 0.05) is 31.3 Å². The van der Waals surface area contributed by atoms with Gasteiger partial charge in [-0.15, -0.1) is 0 Å². The lowest BCUT2D eigenvalue weighted by Crippen LogP contribution is -2.47. The van der Waals surface area contributed by atoms with E-state index >= 15 is 0 Å². The molecule has 1 atom stereocenters. The van der Waals surface area contributed by atoms with Gasteiger partial charge in [0.25, 0.3) is 5.91 Å². The number of nitrogens with zero attached hydrogens (tertiary/aromatic N) is 1. The predicted octanol–water partition coefficient (Wildman–Crippen LogP) is 4.43. The number of Topliss-reactive ketones (excluding diaryl/α,β-unsaturated/α-hetero) is 1. The molecule has 1 unspecified atom stereocenters. The van der Waals surface area contributed by atoms with Gasteiger partial charge in [-0.05, 0) is 48.6 Å². The molecular formula is C27H35N3O3. The first-order valence-corrected chi connectivity index (χ1v) is 12.0. The molecule has 1 fully saturated rings. The van der Waals surface area contributed by atoms with Crippen LogP contribution in [0.3, 0.4) is 0 Å². The highest BCUT2D eigenvalue weighted by Gasteiger charge is 2.36. The molecule has 1 aromatic carbocycles. The number of aromatic nitrogens is 1. The Morgan fingerprint density at radius 1 is 1.18 bits per heavy atom. The zero-order chi connectivity index (χ0) is 23.8. The van der Waals surface area contributed by atoms with Gasteiger partial charge in [0.15, 0.2) is 5.78 Å². The predicted molar refractivity (Wildman–Crippen MR) is 128 cm³/mol. The molecule has 0 saturated heterocycles. The van der Waals surface area contributed by atoms with Gasteiger partial charge in [-0.25, -0.2) is 0 Å².